The van der Waals surface area contributed by atoms with Crippen LogP contribution < -0.4 is 4.90 Å². The average molecular weight is 162 g/mol. The van der Waals surface area contributed by atoms with Crippen LogP contribution in [0.3, 0.4) is 0 Å². The van der Waals surface area contributed by atoms with Crippen molar-refractivity contribution in [1.82, 2.24) is 4.98 Å². The lowest BCUT2D eigenvalue weighted by atomic mass is 10.1. The van der Waals surface area contributed by atoms with Crippen molar-refractivity contribution in [1.29, 1.82) is 0 Å². The van der Waals surface area contributed by atoms with E-state index < -0.39 is 0 Å². The van der Waals surface area contributed by atoms with E-state index in [2.05, 4.69) is 22.9 Å². The normalized spacial score (nSPS) is 15.9. The van der Waals surface area contributed by atoms with Crippen LogP contribution >= 0.6 is 0 Å². The third-order valence-electron chi connectivity index (χ3n) is 2.43. The Hall–Kier alpha value is -1.05. The average Bonchev–Trinajstić information content (AvgIpc) is 2.17. The van der Waals surface area contributed by atoms with Crippen molar-refractivity contribution in [3.8, 4) is 0 Å². The molecule has 2 nitrogen and oxygen atoms in total. The van der Waals surface area contributed by atoms with E-state index in [0.717, 1.165) is 13.0 Å². The number of anilines is 1. The molecule has 1 aliphatic heterocycles. The standard InChI is InChI=1S/C10H14N2/c1-2-12-8-4-5-9-10(12)6-3-7-11-9/h3,6-7H,2,4-5,8H2,1H3. The lowest BCUT2D eigenvalue weighted by Crippen LogP contribution is -2.29. The summed E-state index contributed by atoms with van der Waals surface area (Å²) in [5.41, 5.74) is 2.61. The summed E-state index contributed by atoms with van der Waals surface area (Å²) in [6.07, 6.45) is 4.28. The monoisotopic (exact) mass is 162 g/mol. The fraction of sp³-hybridized carbons (Fsp3) is 0.500. The molecule has 0 atom stereocenters. The van der Waals surface area contributed by atoms with Crippen LogP contribution in [0.1, 0.15) is 19.0 Å². The Labute approximate surface area is 73.2 Å². The number of hydrogen-bond acceptors (Lipinski definition) is 2. The summed E-state index contributed by atoms with van der Waals surface area (Å²) in [6, 6.07) is 4.19. The number of fused-ring (bicyclic) bond motifs is 1. The van der Waals surface area contributed by atoms with Crippen LogP contribution in [0.5, 0.6) is 0 Å². The number of aromatic nitrogens is 1. The zero-order chi connectivity index (χ0) is 8.39. The molecule has 0 unspecified atom stereocenters. The van der Waals surface area contributed by atoms with Gasteiger partial charge in [-0.05, 0) is 31.9 Å². The van der Waals surface area contributed by atoms with Gasteiger partial charge in [0, 0.05) is 19.3 Å². The fourth-order valence-electron chi connectivity index (χ4n) is 1.80. The molecule has 1 aromatic heterocycles. The van der Waals surface area contributed by atoms with Gasteiger partial charge in [-0.2, -0.15) is 0 Å². The summed E-state index contributed by atoms with van der Waals surface area (Å²) in [4.78, 5) is 6.77. The molecule has 0 amide bonds. The van der Waals surface area contributed by atoms with Crippen LogP contribution in [0.4, 0.5) is 5.69 Å². The van der Waals surface area contributed by atoms with Crippen LogP contribution in [-0.4, -0.2) is 18.1 Å². The number of pyridine rings is 1. The Morgan fingerprint density at radius 1 is 1.58 bits per heavy atom. The Bertz CT molecular complexity index is 270. The van der Waals surface area contributed by atoms with Gasteiger partial charge >= 0.3 is 0 Å². The van der Waals surface area contributed by atoms with Crippen molar-refractivity contribution in [2.75, 3.05) is 18.0 Å². The number of aryl methyl sites for hydroxylation is 1. The highest BCUT2D eigenvalue weighted by Crippen LogP contribution is 2.23. The van der Waals surface area contributed by atoms with Crippen LogP contribution in [0.25, 0.3) is 0 Å². The second-order valence-corrected chi connectivity index (χ2v) is 3.15. The third kappa shape index (κ3) is 1.17. The molecule has 0 aliphatic carbocycles. The van der Waals surface area contributed by atoms with Crippen LogP contribution in [0.2, 0.25) is 0 Å². The van der Waals surface area contributed by atoms with Crippen molar-refractivity contribution in [2.24, 2.45) is 0 Å². The Morgan fingerprint density at radius 2 is 2.50 bits per heavy atom. The molecule has 1 aliphatic rings. The van der Waals surface area contributed by atoms with Crippen LogP contribution in [-0.2, 0) is 6.42 Å². The van der Waals surface area contributed by atoms with E-state index in [1.165, 1.54) is 24.3 Å². The lowest BCUT2D eigenvalue weighted by Gasteiger charge is -2.29. The zero-order valence-corrected chi connectivity index (χ0v) is 7.45. The number of nitrogens with zero attached hydrogens (tertiary/aromatic N) is 2. The smallest absolute Gasteiger partial charge is 0.0637 e. The van der Waals surface area contributed by atoms with Gasteiger partial charge in [0.05, 0.1) is 11.4 Å². The highest BCUT2D eigenvalue weighted by atomic mass is 15.1. The summed E-state index contributed by atoms with van der Waals surface area (Å²) >= 11 is 0. The van der Waals surface area contributed by atoms with Crippen molar-refractivity contribution in [3.05, 3.63) is 24.0 Å². The van der Waals surface area contributed by atoms with E-state index in [1.54, 1.807) is 0 Å². The molecule has 0 N–H and O–H groups in total. The first-order valence-electron chi connectivity index (χ1n) is 4.60. The van der Waals surface area contributed by atoms with Gasteiger partial charge < -0.3 is 4.90 Å². The van der Waals surface area contributed by atoms with Crippen LogP contribution in [0, 0.1) is 0 Å². The Balaban J connectivity index is 2.37. The molecule has 0 saturated heterocycles. The molecule has 0 spiro atoms. The number of rotatable bonds is 1. The summed E-state index contributed by atoms with van der Waals surface area (Å²) in [5.74, 6) is 0. The van der Waals surface area contributed by atoms with Crippen LogP contribution in [0.15, 0.2) is 18.3 Å². The van der Waals surface area contributed by atoms with Crippen molar-refractivity contribution in [3.63, 3.8) is 0 Å². The first-order chi connectivity index (χ1) is 5.92. The SMILES string of the molecule is CCN1CCCc2ncccc21. The third-order valence-corrected chi connectivity index (χ3v) is 2.43. The first kappa shape index (κ1) is 7.59. The van der Waals surface area contributed by atoms with E-state index in [1.807, 2.05) is 12.3 Å². The van der Waals surface area contributed by atoms with Gasteiger partial charge in [0.25, 0.3) is 0 Å². The molecular formula is C10H14N2. The highest BCUT2D eigenvalue weighted by molar-refractivity contribution is 5.51. The molecule has 2 heterocycles. The predicted molar refractivity (Wildman–Crippen MR) is 50.4 cm³/mol. The van der Waals surface area contributed by atoms with Gasteiger partial charge in [-0.1, -0.05) is 0 Å². The van der Waals surface area contributed by atoms with E-state index in [-0.39, 0.29) is 0 Å². The van der Waals surface area contributed by atoms with E-state index in [9.17, 15) is 0 Å². The summed E-state index contributed by atoms with van der Waals surface area (Å²) in [7, 11) is 0. The molecule has 0 saturated carbocycles. The summed E-state index contributed by atoms with van der Waals surface area (Å²) in [6.45, 7) is 4.48. The molecule has 2 heteroatoms. The molecule has 0 radical (unpaired) electrons. The molecule has 12 heavy (non-hydrogen) atoms. The minimum absolute atomic E-state index is 1.10. The van der Waals surface area contributed by atoms with E-state index >= 15 is 0 Å². The molecule has 0 aromatic carbocycles. The van der Waals surface area contributed by atoms with Gasteiger partial charge in [-0.25, -0.2) is 0 Å². The van der Waals surface area contributed by atoms with Gasteiger partial charge in [-0.15, -0.1) is 0 Å². The first-order valence-corrected chi connectivity index (χ1v) is 4.60. The summed E-state index contributed by atoms with van der Waals surface area (Å²) in [5, 5.41) is 0. The maximum absolute atomic E-state index is 4.38. The second kappa shape index (κ2) is 3.13. The van der Waals surface area contributed by atoms with Crippen molar-refractivity contribution < 1.29 is 0 Å². The minimum atomic E-state index is 1.10. The van der Waals surface area contributed by atoms with Gasteiger partial charge in [0.15, 0.2) is 0 Å². The Morgan fingerprint density at radius 3 is 3.33 bits per heavy atom. The molecule has 1 aromatic rings. The van der Waals surface area contributed by atoms with E-state index in [0.29, 0.717) is 0 Å². The summed E-state index contributed by atoms with van der Waals surface area (Å²) < 4.78 is 0. The Kier molecular flexibility index (Phi) is 1.98. The van der Waals surface area contributed by atoms with Crippen molar-refractivity contribution in [2.45, 2.75) is 19.8 Å². The second-order valence-electron chi connectivity index (χ2n) is 3.15. The molecule has 0 fully saturated rings. The molecular weight excluding hydrogens is 148 g/mol. The minimum Gasteiger partial charge on any atom is -0.370 e. The predicted octanol–water partition coefficient (Wildman–Crippen LogP) is 1.85. The topological polar surface area (TPSA) is 16.1 Å². The zero-order valence-electron chi connectivity index (χ0n) is 7.45. The highest BCUT2D eigenvalue weighted by Gasteiger charge is 2.14. The lowest BCUT2D eigenvalue weighted by molar-refractivity contribution is 0.692. The molecule has 2 rings (SSSR count). The van der Waals surface area contributed by atoms with Gasteiger partial charge in [0.2, 0.25) is 0 Å². The van der Waals surface area contributed by atoms with Gasteiger partial charge in [-0.3, -0.25) is 4.98 Å². The maximum atomic E-state index is 4.38. The van der Waals surface area contributed by atoms with E-state index in [4.69, 9.17) is 0 Å². The van der Waals surface area contributed by atoms with Crippen molar-refractivity contribution >= 4 is 5.69 Å². The largest absolute Gasteiger partial charge is 0.370 e. The quantitative estimate of drug-likeness (QED) is 0.626. The molecule has 64 valence electrons. The maximum Gasteiger partial charge on any atom is 0.0637 e. The number of hydrogen-bond donors (Lipinski definition) is 0. The van der Waals surface area contributed by atoms with Gasteiger partial charge in [0.1, 0.15) is 0 Å². The molecule has 0 bridgehead atoms. The fourth-order valence-corrected chi connectivity index (χ4v) is 1.80.